The Labute approximate surface area is 153 Å². The molecule has 0 radical (unpaired) electrons. The van der Waals surface area contributed by atoms with Crippen molar-refractivity contribution in [3.63, 3.8) is 0 Å². The average molecular weight is 349 g/mol. The Kier molecular flexibility index (Phi) is 4.48. The van der Waals surface area contributed by atoms with Gasteiger partial charge in [0.15, 0.2) is 0 Å². The van der Waals surface area contributed by atoms with Crippen molar-refractivity contribution in [2.75, 3.05) is 6.54 Å². The summed E-state index contributed by atoms with van der Waals surface area (Å²) in [6.07, 6.45) is 5.87. The summed E-state index contributed by atoms with van der Waals surface area (Å²) in [5.74, 6) is 0. The molecule has 0 saturated carbocycles. The largest absolute Gasteiger partial charge is 0.348 e. The van der Waals surface area contributed by atoms with Crippen LogP contribution in [-0.4, -0.2) is 31.8 Å². The molecule has 26 heavy (non-hydrogen) atoms. The van der Waals surface area contributed by atoms with Crippen molar-refractivity contribution in [1.29, 1.82) is 0 Å². The van der Waals surface area contributed by atoms with E-state index in [1.165, 1.54) is 11.3 Å². The quantitative estimate of drug-likeness (QED) is 0.787. The van der Waals surface area contributed by atoms with E-state index in [1.807, 2.05) is 46.2 Å². The molecule has 3 heterocycles. The molecule has 1 N–H and O–H groups in total. The van der Waals surface area contributed by atoms with E-state index in [-0.39, 0.29) is 12.1 Å². The Morgan fingerprint density at radius 3 is 2.85 bits per heavy atom. The summed E-state index contributed by atoms with van der Waals surface area (Å²) in [4.78, 5) is 14.5. The van der Waals surface area contributed by atoms with Crippen molar-refractivity contribution in [1.82, 2.24) is 24.6 Å². The van der Waals surface area contributed by atoms with Gasteiger partial charge >= 0.3 is 6.03 Å². The Hall–Kier alpha value is -3.02. The zero-order valence-electron chi connectivity index (χ0n) is 14.9. The first-order chi connectivity index (χ1) is 12.7. The van der Waals surface area contributed by atoms with Crippen LogP contribution in [0.3, 0.4) is 0 Å². The summed E-state index contributed by atoms with van der Waals surface area (Å²) in [5.41, 5.74) is 3.39. The number of aromatic nitrogens is 3. The number of carbonyl (C=O) groups is 1. The molecule has 0 spiro atoms. The first kappa shape index (κ1) is 16.4. The molecule has 1 unspecified atom stereocenters. The minimum Gasteiger partial charge on any atom is -0.348 e. The highest BCUT2D eigenvalue weighted by Gasteiger charge is 2.27. The van der Waals surface area contributed by atoms with Gasteiger partial charge in [0, 0.05) is 43.3 Å². The molecular weight excluding hydrogens is 326 g/mol. The Bertz CT molecular complexity index is 883. The average Bonchev–Trinajstić information content (AvgIpc) is 3.30. The lowest BCUT2D eigenvalue weighted by atomic mass is 10.1. The summed E-state index contributed by atoms with van der Waals surface area (Å²) < 4.78 is 4.11. The van der Waals surface area contributed by atoms with Crippen LogP contribution in [0.15, 0.2) is 61.1 Å². The topological polar surface area (TPSA) is 55.1 Å². The highest BCUT2D eigenvalue weighted by atomic mass is 16.2. The number of nitrogens with zero attached hydrogens (tertiary/aromatic N) is 4. The third-order valence-corrected chi connectivity index (χ3v) is 4.92. The molecule has 134 valence electrons. The second-order valence-corrected chi connectivity index (χ2v) is 6.69. The fourth-order valence-corrected chi connectivity index (χ4v) is 3.49. The minimum absolute atomic E-state index is 0.0271. The summed E-state index contributed by atoms with van der Waals surface area (Å²) in [6.45, 7) is 4.85. The van der Waals surface area contributed by atoms with Crippen molar-refractivity contribution in [2.24, 2.45) is 0 Å². The van der Waals surface area contributed by atoms with Gasteiger partial charge in [-0.05, 0) is 24.6 Å². The number of urea groups is 1. The molecule has 1 aromatic carbocycles. The number of hydrogen-bond donors (Lipinski definition) is 1. The second-order valence-electron chi connectivity index (χ2n) is 6.69. The van der Waals surface area contributed by atoms with Crippen LogP contribution in [0.5, 0.6) is 0 Å². The summed E-state index contributed by atoms with van der Waals surface area (Å²) in [5, 5.41) is 7.41. The van der Waals surface area contributed by atoms with Gasteiger partial charge in [-0.1, -0.05) is 30.3 Å². The number of amides is 2. The predicted molar refractivity (Wildman–Crippen MR) is 99.6 cm³/mol. The highest BCUT2D eigenvalue weighted by molar-refractivity contribution is 5.74. The minimum atomic E-state index is -0.0271. The van der Waals surface area contributed by atoms with Crippen LogP contribution < -0.4 is 5.32 Å². The van der Waals surface area contributed by atoms with E-state index < -0.39 is 0 Å². The molecule has 0 aliphatic carbocycles. The normalized spacial score (nSPS) is 16.3. The zero-order chi connectivity index (χ0) is 17.9. The number of fused-ring (bicyclic) bond motifs is 1. The van der Waals surface area contributed by atoms with E-state index in [0.717, 1.165) is 25.2 Å². The molecule has 2 amide bonds. The van der Waals surface area contributed by atoms with Gasteiger partial charge in [0.2, 0.25) is 0 Å². The van der Waals surface area contributed by atoms with Crippen molar-refractivity contribution < 1.29 is 4.79 Å². The molecular formula is C20H23N5O. The maximum absolute atomic E-state index is 12.6. The second kappa shape index (κ2) is 7.07. The van der Waals surface area contributed by atoms with Gasteiger partial charge in [-0.15, -0.1) is 0 Å². The molecule has 0 bridgehead atoms. The molecule has 3 aromatic rings. The molecule has 0 fully saturated rings. The van der Waals surface area contributed by atoms with Crippen LogP contribution >= 0.6 is 0 Å². The molecule has 2 aromatic heterocycles. The summed E-state index contributed by atoms with van der Waals surface area (Å²) >= 11 is 0. The van der Waals surface area contributed by atoms with E-state index >= 15 is 0 Å². The maximum atomic E-state index is 12.6. The van der Waals surface area contributed by atoms with Crippen LogP contribution in [0.2, 0.25) is 0 Å². The fourth-order valence-electron chi connectivity index (χ4n) is 3.49. The first-order valence-electron chi connectivity index (χ1n) is 8.95. The molecule has 0 saturated heterocycles. The predicted octanol–water partition coefficient (Wildman–Crippen LogP) is 3.02. The van der Waals surface area contributed by atoms with Crippen molar-refractivity contribution in [3.05, 3.63) is 77.9 Å². The number of carbonyl (C=O) groups excluding carboxylic acids is 1. The van der Waals surface area contributed by atoms with Crippen LogP contribution in [0, 0.1) is 0 Å². The van der Waals surface area contributed by atoms with Crippen LogP contribution in [0.1, 0.15) is 29.8 Å². The molecule has 1 aliphatic rings. The van der Waals surface area contributed by atoms with E-state index in [0.29, 0.717) is 6.54 Å². The third-order valence-electron chi connectivity index (χ3n) is 4.92. The maximum Gasteiger partial charge on any atom is 0.318 e. The lowest BCUT2D eigenvalue weighted by molar-refractivity contribution is 0.162. The summed E-state index contributed by atoms with van der Waals surface area (Å²) in [6, 6.07) is 14.4. The van der Waals surface area contributed by atoms with E-state index in [9.17, 15) is 4.79 Å². The summed E-state index contributed by atoms with van der Waals surface area (Å²) in [7, 11) is 0. The fraction of sp³-hybridized carbons (Fsp3) is 0.300. The zero-order valence-corrected chi connectivity index (χ0v) is 14.9. The Balaban J connectivity index is 1.34. The van der Waals surface area contributed by atoms with Crippen LogP contribution in [-0.2, 0) is 19.6 Å². The molecule has 1 atom stereocenters. The van der Waals surface area contributed by atoms with Gasteiger partial charge in [-0.25, -0.2) is 4.79 Å². The van der Waals surface area contributed by atoms with Crippen LogP contribution in [0.4, 0.5) is 4.79 Å². The third kappa shape index (κ3) is 3.35. The lowest BCUT2D eigenvalue weighted by Crippen LogP contribution is -2.45. The first-order valence-corrected chi connectivity index (χ1v) is 8.95. The van der Waals surface area contributed by atoms with Gasteiger partial charge in [0.05, 0.1) is 18.8 Å². The SMILES string of the molecule is CC1c2cccn2CCN1C(=O)NCc1cnn(Cc2ccccc2)c1. The van der Waals surface area contributed by atoms with Gasteiger partial charge in [-0.3, -0.25) is 4.68 Å². The number of hydrogen-bond acceptors (Lipinski definition) is 2. The number of nitrogens with one attached hydrogen (secondary N) is 1. The van der Waals surface area contributed by atoms with Gasteiger partial charge in [0.1, 0.15) is 0 Å². The van der Waals surface area contributed by atoms with E-state index in [4.69, 9.17) is 0 Å². The molecule has 6 heteroatoms. The number of rotatable bonds is 4. The number of benzene rings is 1. The van der Waals surface area contributed by atoms with Gasteiger partial charge in [-0.2, -0.15) is 5.10 Å². The lowest BCUT2D eigenvalue weighted by Gasteiger charge is -2.34. The Morgan fingerprint density at radius 1 is 1.15 bits per heavy atom. The van der Waals surface area contributed by atoms with Gasteiger partial charge < -0.3 is 14.8 Å². The highest BCUT2D eigenvalue weighted by Crippen LogP contribution is 2.25. The molecule has 4 rings (SSSR count). The van der Waals surface area contributed by atoms with Crippen LogP contribution in [0.25, 0.3) is 0 Å². The van der Waals surface area contributed by atoms with E-state index in [1.54, 1.807) is 0 Å². The molecule has 6 nitrogen and oxygen atoms in total. The van der Waals surface area contributed by atoms with Gasteiger partial charge in [0.25, 0.3) is 0 Å². The van der Waals surface area contributed by atoms with Crippen molar-refractivity contribution in [2.45, 2.75) is 32.6 Å². The van der Waals surface area contributed by atoms with Crippen molar-refractivity contribution in [3.8, 4) is 0 Å². The van der Waals surface area contributed by atoms with E-state index in [2.05, 4.69) is 46.3 Å². The Morgan fingerprint density at radius 2 is 2.00 bits per heavy atom. The molecule has 1 aliphatic heterocycles. The van der Waals surface area contributed by atoms with Crippen molar-refractivity contribution >= 4 is 6.03 Å². The smallest absolute Gasteiger partial charge is 0.318 e. The standard InChI is InChI=1S/C20H23N5O/c1-16-19-8-5-9-23(19)10-11-25(16)20(26)21-12-18-13-22-24(15-18)14-17-6-3-2-4-7-17/h2-9,13,15-16H,10-12,14H2,1H3,(H,21,26). The monoisotopic (exact) mass is 349 g/mol.